The topological polar surface area (TPSA) is 46.2 Å². The predicted molar refractivity (Wildman–Crippen MR) is 82.0 cm³/mol. The maximum Gasteiger partial charge on any atom is 0.211 e. The quantitative estimate of drug-likeness (QED) is 0.805. The molecule has 0 heterocycles. The first-order chi connectivity index (χ1) is 9.05. The van der Waals surface area contributed by atoms with Crippen LogP contribution in [0.1, 0.15) is 24.8 Å². The number of nitrogens with one attached hydrogen (secondary N) is 1. The highest BCUT2D eigenvalue weighted by Crippen LogP contribution is 2.30. The van der Waals surface area contributed by atoms with Crippen molar-refractivity contribution in [3.63, 3.8) is 0 Å². The molecule has 0 bridgehead atoms. The van der Waals surface area contributed by atoms with Crippen LogP contribution in [0.5, 0.6) is 0 Å². The Kier molecular flexibility index (Phi) is 5.42. The van der Waals surface area contributed by atoms with E-state index in [9.17, 15) is 8.42 Å². The van der Waals surface area contributed by atoms with E-state index in [1.54, 1.807) is 0 Å². The zero-order valence-electron chi connectivity index (χ0n) is 10.9. The predicted octanol–water partition coefficient (Wildman–Crippen LogP) is 2.71. The normalized spacial score (nSPS) is 23.6. The molecule has 1 fully saturated rings. The maximum atomic E-state index is 11.9. The van der Waals surface area contributed by atoms with Crippen molar-refractivity contribution < 1.29 is 8.42 Å². The Morgan fingerprint density at radius 2 is 1.95 bits per heavy atom. The molecule has 1 aromatic rings. The van der Waals surface area contributed by atoms with Gasteiger partial charge >= 0.3 is 0 Å². The molecule has 5 heteroatoms. The van der Waals surface area contributed by atoms with E-state index in [0.717, 1.165) is 24.8 Å². The molecular formula is C14H20BrNO2S. The van der Waals surface area contributed by atoms with Crippen molar-refractivity contribution >= 4 is 26.0 Å². The first-order valence-electron chi connectivity index (χ1n) is 6.70. The molecule has 0 aromatic heterocycles. The molecule has 1 aromatic carbocycles. The molecule has 3 nitrogen and oxygen atoms in total. The lowest BCUT2D eigenvalue weighted by Crippen LogP contribution is -2.31. The number of halogens is 1. The molecule has 1 saturated carbocycles. The van der Waals surface area contributed by atoms with Crippen molar-refractivity contribution in [3.8, 4) is 0 Å². The van der Waals surface area contributed by atoms with Gasteiger partial charge in [-0.3, -0.25) is 0 Å². The molecule has 2 rings (SSSR count). The summed E-state index contributed by atoms with van der Waals surface area (Å²) in [5, 5.41) is 0. The third kappa shape index (κ3) is 5.24. The maximum absolute atomic E-state index is 11.9. The summed E-state index contributed by atoms with van der Waals surface area (Å²) < 4.78 is 26.6. The lowest BCUT2D eigenvalue weighted by molar-refractivity contribution is 0.520. The van der Waals surface area contributed by atoms with Gasteiger partial charge in [0.05, 0.1) is 5.75 Å². The van der Waals surface area contributed by atoms with E-state index < -0.39 is 10.0 Å². The highest BCUT2D eigenvalue weighted by atomic mass is 79.9. The zero-order valence-corrected chi connectivity index (χ0v) is 13.3. The van der Waals surface area contributed by atoms with E-state index in [1.807, 2.05) is 30.3 Å². The van der Waals surface area contributed by atoms with Crippen molar-refractivity contribution in [2.45, 2.75) is 30.5 Å². The van der Waals surface area contributed by atoms with Crippen molar-refractivity contribution in [3.05, 3.63) is 35.9 Å². The largest absolute Gasteiger partial charge is 0.215 e. The van der Waals surface area contributed by atoms with Gasteiger partial charge in [0, 0.05) is 11.4 Å². The van der Waals surface area contributed by atoms with Gasteiger partial charge in [-0.05, 0) is 37.2 Å². The van der Waals surface area contributed by atoms with E-state index in [2.05, 4.69) is 20.7 Å². The van der Waals surface area contributed by atoms with E-state index in [-0.39, 0.29) is 5.75 Å². The lowest BCUT2D eigenvalue weighted by atomic mass is 10.1. The van der Waals surface area contributed by atoms with Gasteiger partial charge in [0.1, 0.15) is 0 Å². The summed E-state index contributed by atoms with van der Waals surface area (Å²) in [5.74, 6) is 0.650. The highest BCUT2D eigenvalue weighted by Gasteiger charge is 2.23. The highest BCUT2D eigenvalue weighted by molar-refractivity contribution is 9.09. The van der Waals surface area contributed by atoms with Crippen LogP contribution in [0.2, 0.25) is 0 Å². The average Bonchev–Trinajstić information content (AvgIpc) is 2.82. The van der Waals surface area contributed by atoms with E-state index in [1.165, 1.54) is 0 Å². The number of aryl methyl sites for hydroxylation is 1. The Bertz CT molecular complexity index is 489. The fraction of sp³-hybridized carbons (Fsp3) is 0.571. The minimum atomic E-state index is -3.15. The second-order valence-electron chi connectivity index (χ2n) is 5.18. The first-order valence-corrected chi connectivity index (χ1v) is 9.27. The van der Waals surface area contributed by atoms with Gasteiger partial charge in [-0.1, -0.05) is 46.3 Å². The summed E-state index contributed by atoms with van der Waals surface area (Å²) in [6, 6.07) is 9.73. The summed E-state index contributed by atoms with van der Waals surface area (Å²) in [5.41, 5.74) is 1.06. The molecule has 1 aliphatic carbocycles. The molecule has 0 amide bonds. The molecule has 0 saturated heterocycles. The zero-order chi connectivity index (χ0) is 13.7. The molecule has 0 spiro atoms. The van der Waals surface area contributed by atoms with Crippen LogP contribution in [0.3, 0.4) is 0 Å². The second-order valence-corrected chi connectivity index (χ2v) is 8.40. The SMILES string of the molecule is O=S(=O)(CCc1ccccc1)NCC1CCC(Br)C1. The van der Waals surface area contributed by atoms with Crippen molar-refractivity contribution in [1.82, 2.24) is 4.72 Å². The van der Waals surface area contributed by atoms with Gasteiger partial charge < -0.3 is 0 Å². The van der Waals surface area contributed by atoms with Crippen LogP contribution >= 0.6 is 15.9 Å². The average molecular weight is 346 g/mol. The van der Waals surface area contributed by atoms with Gasteiger partial charge in [0.2, 0.25) is 10.0 Å². The molecule has 106 valence electrons. The van der Waals surface area contributed by atoms with Gasteiger partial charge in [-0.15, -0.1) is 0 Å². The minimum absolute atomic E-state index is 0.168. The number of sulfonamides is 1. The summed E-state index contributed by atoms with van der Waals surface area (Å²) in [7, 11) is -3.15. The fourth-order valence-electron chi connectivity index (χ4n) is 2.41. The van der Waals surface area contributed by atoms with E-state index in [4.69, 9.17) is 0 Å². The summed E-state index contributed by atoms with van der Waals surface area (Å²) in [6.45, 7) is 0.583. The Morgan fingerprint density at radius 1 is 1.21 bits per heavy atom. The molecule has 2 atom stereocenters. The molecular weight excluding hydrogens is 326 g/mol. The van der Waals surface area contributed by atoms with E-state index >= 15 is 0 Å². The smallest absolute Gasteiger partial charge is 0.211 e. The van der Waals surface area contributed by atoms with Gasteiger partial charge in [0.25, 0.3) is 0 Å². The standard InChI is InChI=1S/C14H20BrNO2S/c15-14-7-6-13(10-14)11-16-19(17,18)9-8-12-4-2-1-3-5-12/h1-5,13-14,16H,6-11H2. The van der Waals surface area contributed by atoms with Crippen LogP contribution in [0, 0.1) is 5.92 Å². The Hall–Kier alpha value is -0.390. The van der Waals surface area contributed by atoms with Crippen LogP contribution in [0.25, 0.3) is 0 Å². The Balaban J connectivity index is 1.76. The molecule has 19 heavy (non-hydrogen) atoms. The summed E-state index contributed by atoms with van der Waals surface area (Å²) >= 11 is 3.58. The minimum Gasteiger partial charge on any atom is -0.215 e. The van der Waals surface area contributed by atoms with Gasteiger partial charge in [-0.2, -0.15) is 0 Å². The number of hydrogen-bond acceptors (Lipinski definition) is 2. The second kappa shape index (κ2) is 6.86. The van der Waals surface area contributed by atoms with Crippen molar-refractivity contribution in [2.24, 2.45) is 5.92 Å². The van der Waals surface area contributed by atoms with Gasteiger partial charge in [0.15, 0.2) is 0 Å². The molecule has 1 N–H and O–H groups in total. The Labute approximate surface area is 124 Å². The van der Waals surface area contributed by atoms with E-state index in [0.29, 0.717) is 23.7 Å². The monoisotopic (exact) mass is 345 g/mol. The number of hydrogen-bond donors (Lipinski definition) is 1. The van der Waals surface area contributed by atoms with Crippen LogP contribution < -0.4 is 4.72 Å². The fourth-order valence-corrected chi connectivity index (χ4v) is 4.34. The van der Waals surface area contributed by atoms with Crippen LogP contribution in [0.15, 0.2) is 30.3 Å². The lowest BCUT2D eigenvalue weighted by Gasteiger charge is -2.11. The summed E-state index contributed by atoms with van der Waals surface area (Å²) in [6.07, 6.45) is 3.90. The number of rotatable bonds is 6. The third-order valence-corrected chi connectivity index (χ3v) is 5.75. The molecule has 0 aliphatic heterocycles. The Morgan fingerprint density at radius 3 is 2.58 bits per heavy atom. The van der Waals surface area contributed by atoms with Crippen molar-refractivity contribution in [2.75, 3.05) is 12.3 Å². The van der Waals surface area contributed by atoms with Crippen LogP contribution in [-0.2, 0) is 16.4 Å². The molecule has 1 aliphatic rings. The first kappa shape index (κ1) is 15.0. The molecule has 2 unspecified atom stereocenters. The van der Waals surface area contributed by atoms with Crippen LogP contribution in [0.4, 0.5) is 0 Å². The van der Waals surface area contributed by atoms with Crippen molar-refractivity contribution in [1.29, 1.82) is 0 Å². The summed E-state index contributed by atoms with van der Waals surface area (Å²) in [4.78, 5) is 0.561. The number of alkyl halides is 1. The number of benzene rings is 1. The third-order valence-electron chi connectivity index (χ3n) is 3.57. The van der Waals surface area contributed by atoms with Crippen LogP contribution in [-0.4, -0.2) is 25.5 Å². The van der Waals surface area contributed by atoms with Gasteiger partial charge in [-0.25, -0.2) is 13.1 Å². The molecule has 0 radical (unpaired) electrons.